The molecule has 0 saturated carbocycles. The highest BCUT2D eigenvalue weighted by Gasteiger charge is 2.24. The molecule has 234 valence electrons. The van der Waals surface area contributed by atoms with Gasteiger partial charge in [0.05, 0.1) is 12.6 Å². The number of nitrogens with one attached hydrogen (secondary N) is 3. The van der Waals surface area contributed by atoms with Crippen LogP contribution in [0.2, 0.25) is 0 Å². The number of nitrogens with zero attached hydrogens (tertiary/aromatic N) is 3. The van der Waals surface area contributed by atoms with E-state index in [0.717, 1.165) is 0 Å². The van der Waals surface area contributed by atoms with Gasteiger partial charge in [-0.1, -0.05) is 32.4 Å². The molecule has 6 amide bonds. The van der Waals surface area contributed by atoms with Crippen molar-refractivity contribution < 1.29 is 29.1 Å². The first-order valence-corrected chi connectivity index (χ1v) is 14.2. The fraction of sp³-hybridized carbons (Fsp3) is 0.483. The van der Waals surface area contributed by atoms with Gasteiger partial charge in [-0.05, 0) is 49.3 Å². The van der Waals surface area contributed by atoms with Gasteiger partial charge in [0.1, 0.15) is 11.8 Å². The molecule has 0 aliphatic carbocycles. The standard InChI is InChI=1S/C29H42N8O6/c1-19(2)27(35-24(39)8-4-3-5-16-37-25(40)13-14-26(37)41)23(36-31)17-33-22(7-6-15-32-29(30)43)28(42)34-21-11-9-20(18-38)10-12-21/h9-14,17,19,22,27,38H,3-8,15-16,18,31H2,1-2H3,(H,34,42)(H,35,39)(H3,30,32,43)/t22-,27-/m0/s1. The van der Waals surface area contributed by atoms with Crippen molar-refractivity contribution in [2.24, 2.45) is 27.6 Å². The second kappa shape index (κ2) is 18.1. The number of unbranched alkanes of at least 4 members (excludes halogenated alkanes) is 2. The Balaban J connectivity index is 1.99. The van der Waals surface area contributed by atoms with Crippen molar-refractivity contribution in [3.8, 4) is 0 Å². The number of imide groups is 1. The van der Waals surface area contributed by atoms with Crippen LogP contribution in [0.15, 0.2) is 46.5 Å². The predicted molar refractivity (Wildman–Crippen MR) is 163 cm³/mol. The third-order valence-corrected chi connectivity index (χ3v) is 6.68. The van der Waals surface area contributed by atoms with E-state index in [1.807, 2.05) is 13.8 Å². The molecule has 1 aliphatic rings. The number of urea groups is 1. The molecule has 0 fully saturated rings. The van der Waals surface area contributed by atoms with Crippen molar-refractivity contribution in [3.05, 3.63) is 42.0 Å². The van der Waals surface area contributed by atoms with Gasteiger partial charge in [0, 0.05) is 43.6 Å². The number of rotatable bonds is 18. The van der Waals surface area contributed by atoms with Crippen LogP contribution in [-0.2, 0) is 25.8 Å². The highest BCUT2D eigenvalue weighted by Crippen LogP contribution is 2.13. The van der Waals surface area contributed by atoms with Crippen LogP contribution in [0.3, 0.4) is 0 Å². The Bertz CT molecular complexity index is 1190. The molecular formula is C29H42N8O6. The summed E-state index contributed by atoms with van der Waals surface area (Å²) in [5.74, 6) is 4.31. The smallest absolute Gasteiger partial charge is 0.312 e. The third kappa shape index (κ3) is 12.0. The van der Waals surface area contributed by atoms with Crippen LogP contribution in [0.5, 0.6) is 0 Å². The summed E-state index contributed by atoms with van der Waals surface area (Å²) < 4.78 is 0. The van der Waals surface area contributed by atoms with E-state index in [9.17, 15) is 29.1 Å². The summed E-state index contributed by atoms with van der Waals surface area (Å²) >= 11 is 0. The summed E-state index contributed by atoms with van der Waals surface area (Å²) in [7, 11) is 0. The Kier molecular flexibility index (Phi) is 14.5. The number of carbonyl (C=O) groups is 5. The largest absolute Gasteiger partial charge is 0.392 e. The molecule has 0 bridgehead atoms. The molecule has 14 nitrogen and oxygen atoms in total. The average molecular weight is 599 g/mol. The summed E-state index contributed by atoms with van der Waals surface area (Å²) in [5, 5.41) is 21.3. The van der Waals surface area contributed by atoms with Crippen LogP contribution in [0.4, 0.5) is 10.5 Å². The number of primary amides is 1. The van der Waals surface area contributed by atoms with E-state index in [1.165, 1.54) is 23.3 Å². The van der Waals surface area contributed by atoms with Gasteiger partial charge in [-0.25, -0.2) is 4.79 Å². The van der Waals surface area contributed by atoms with E-state index in [0.29, 0.717) is 43.5 Å². The first-order valence-electron chi connectivity index (χ1n) is 14.2. The topological polar surface area (TPSA) is 222 Å². The zero-order valence-electron chi connectivity index (χ0n) is 24.6. The molecule has 0 unspecified atom stereocenters. The molecule has 0 spiro atoms. The minimum Gasteiger partial charge on any atom is -0.392 e. The molecule has 2 rings (SSSR count). The first kappa shape index (κ1) is 34.6. The number of hydrogen-bond acceptors (Lipinski definition) is 9. The Morgan fingerprint density at radius 3 is 2.28 bits per heavy atom. The average Bonchev–Trinajstić information content (AvgIpc) is 3.29. The quantitative estimate of drug-likeness (QED) is 0.0471. The van der Waals surface area contributed by atoms with Crippen LogP contribution < -0.4 is 27.5 Å². The zero-order chi connectivity index (χ0) is 31.8. The van der Waals surface area contributed by atoms with Crippen LogP contribution in [-0.4, -0.2) is 76.8 Å². The second-order valence-corrected chi connectivity index (χ2v) is 10.4. The minimum atomic E-state index is -0.864. The second-order valence-electron chi connectivity index (χ2n) is 10.4. The van der Waals surface area contributed by atoms with Crippen LogP contribution in [0.1, 0.15) is 57.9 Å². The summed E-state index contributed by atoms with van der Waals surface area (Å²) in [4.78, 5) is 65.7. The molecule has 43 heavy (non-hydrogen) atoms. The van der Waals surface area contributed by atoms with E-state index in [4.69, 9.17) is 11.6 Å². The Morgan fingerprint density at radius 1 is 1.02 bits per heavy atom. The highest BCUT2D eigenvalue weighted by atomic mass is 16.3. The summed E-state index contributed by atoms with van der Waals surface area (Å²) in [5.41, 5.74) is 6.62. The minimum absolute atomic E-state index is 0.102. The number of benzene rings is 1. The maximum atomic E-state index is 13.1. The number of aliphatic imine (C=N–C) groups is 1. The molecule has 1 heterocycles. The fourth-order valence-corrected chi connectivity index (χ4v) is 4.27. The molecular weight excluding hydrogens is 556 g/mol. The number of aliphatic hydroxyl groups excluding tert-OH is 1. The number of aliphatic hydroxyl groups is 1. The lowest BCUT2D eigenvalue weighted by Crippen LogP contribution is -2.45. The van der Waals surface area contributed by atoms with E-state index >= 15 is 0 Å². The molecule has 0 radical (unpaired) electrons. The molecule has 8 N–H and O–H groups in total. The number of hydrazone groups is 1. The monoisotopic (exact) mass is 598 g/mol. The normalized spacial score (nSPS) is 14.8. The van der Waals surface area contributed by atoms with Crippen molar-refractivity contribution in [3.63, 3.8) is 0 Å². The van der Waals surface area contributed by atoms with Crippen molar-refractivity contribution in [1.82, 2.24) is 15.5 Å². The summed E-state index contributed by atoms with van der Waals surface area (Å²) in [6.07, 6.45) is 6.59. The fourth-order valence-electron chi connectivity index (χ4n) is 4.27. The van der Waals surface area contributed by atoms with E-state index in [2.05, 4.69) is 26.0 Å². The number of amides is 6. The predicted octanol–water partition coefficient (Wildman–Crippen LogP) is 0.946. The Hall–Kier alpha value is -4.59. The summed E-state index contributed by atoms with van der Waals surface area (Å²) in [6, 6.07) is 4.60. The number of hydrogen-bond donors (Lipinski definition) is 6. The van der Waals surface area contributed by atoms with Crippen molar-refractivity contribution in [1.29, 1.82) is 0 Å². The third-order valence-electron chi connectivity index (χ3n) is 6.68. The number of carbonyl (C=O) groups excluding carboxylic acids is 5. The zero-order valence-corrected chi connectivity index (χ0v) is 24.6. The maximum absolute atomic E-state index is 13.1. The Labute approximate surface area is 251 Å². The van der Waals surface area contributed by atoms with E-state index in [-0.39, 0.29) is 55.3 Å². The van der Waals surface area contributed by atoms with E-state index in [1.54, 1.807) is 24.3 Å². The van der Waals surface area contributed by atoms with Crippen LogP contribution in [0, 0.1) is 5.92 Å². The number of nitrogens with two attached hydrogens (primary N) is 2. The molecule has 0 aromatic heterocycles. The first-order chi connectivity index (χ1) is 20.5. The van der Waals surface area contributed by atoms with Gasteiger partial charge in [0.15, 0.2) is 0 Å². The molecule has 0 saturated heterocycles. The molecule has 1 aromatic rings. The lowest BCUT2D eigenvalue weighted by atomic mass is 9.99. The molecule has 1 aliphatic heterocycles. The molecule has 14 heteroatoms. The molecule has 1 aromatic carbocycles. The SMILES string of the molecule is CC(C)[C@H](NC(=O)CCCCCN1C(=O)C=CC1=O)C(C=N[C@@H](CCCNC(N)=O)C(=O)Nc1ccc(CO)cc1)=NN. The maximum Gasteiger partial charge on any atom is 0.312 e. The van der Waals surface area contributed by atoms with Gasteiger partial charge < -0.3 is 32.6 Å². The summed E-state index contributed by atoms with van der Waals surface area (Å²) in [6.45, 7) is 4.21. The van der Waals surface area contributed by atoms with Gasteiger partial charge in [-0.15, -0.1) is 0 Å². The highest BCUT2D eigenvalue weighted by molar-refractivity contribution is 6.33. The van der Waals surface area contributed by atoms with Gasteiger partial charge in [0.25, 0.3) is 11.8 Å². The van der Waals surface area contributed by atoms with Crippen molar-refractivity contribution >= 4 is 47.3 Å². The van der Waals surface area contributed by atoms with Gasteiger partial charge >= 0.3 is 6.03 Å². The van der Waals surface area contributed by atoms with Gasteiger partial charge in [0.2, 0.25) is 11.8 Å². The number of anilines is 1. The van der Waals surface area contributed by atoms with Crippen LogP contribution in [0.25, 0.3) is 0 Å². The Morgan fingerprint density at radius 2 is 1.70 bits per heavy atom. The molecule has 2 atom stereocenters. The van der Waals surface area contributed by atoms with Gasteiger partial charge in [-0.2, -0.15) is 5.10 Å². The van der Waals surface area contributed by atoms with Crippen molar-refractivity contribution in [2.45, 2.75) is 71.1 Å². The lowest BCUT2D eigenvalue weighted by molar-refractivity contribution is -0.137. The van der Waals surface area contributed by atoms with Gasteiger partial charge in [-0.3, -0.25) is 29.1 Å². The van der Waals surface area contributed by atoms with Crippen molar-refractivity contribution in [2.75, 3.05) is 18.4 Å². The lowest BCUT2D eigenvalue weighted by Gasteiger charge is -2.22. The van der Waals surface area contributed by atoms with E-state index < -0.39 is 24.0 Å². The van der Waals surface area contributed by atoms with Crippen LogP contribution >= 0.6 is 0 Å².